The average Bonchev–Trinajstić information content (AvgIpc) is 4.00. The van der Waals surface area contributed by atoms with Gasteiger partial charge in [0.05, 0.1) is 33.7 Å². The van der Waals surface area contributed by atoms with Crippen molar-refractivity contribution in [1.82, 2.24) is 19.9 Å². The van der Waals surface area contributed by atoms with Crippen LogP contribution in [0.2, 0.25) is 0 Å². The van der Waals surface area contributed by atoms with Crippen LogP contribution >= 0.6 is 22.7 Å². The molecule has 0 unspecified atom stereocenters. The monoisotopic (exact) mass is 751 g/mol. The lowest BCUT2D eigenvalue weighted by molar-refractivity contribution is 0.759. The summed E-state index contributed by atoms with van der Waals surface area (Å²) in [6.07, 6.45) is 3.68. The van der Waals surface area contributed by atoms with Crippen molar-refractivity contribution in [3.8, 4) is 43.8 Å². The second-order valence-electron chi connectivity index (χ2n) is 14.3. The fourth-order valence-corrected chi connectivity index (χ4v) is 11.0. The minimum absolute atomic E-state index is 0.476. The zero-order valence-corrected chi connectivity index (χ0v) is 31.4. The van der Waals surface area contributed by atoms with Gasteiger partial charge >= 0.3 is 0 Å². The minimum Gasteiger partial charge on any atom is -0.310 e. The van der Waals surface area contributed by atoms with Gasteiger partial charge in [0.2, 0.25) is 0 Å². The summed E-state index contributed by atoms with van der Waals surface area (Å²) in [4.78, 5) is 24.7. The average molecular weight is 752 g/mol. The first kappa shape index (κ1) is 31.5. The highest BCUT2D eigenvalue weighted by molar-refractivity contribution is 7.21. The molecule has 0 atom stereocenters. The highest BCUT2D eigenvalue weighted by atomic mass is 32.1. The molecule has 0 saturated carbocycles. The van der Waals surface area contributed by atoms with Gasteiger partial charge in [0.1, 0.15) is 5.69 Å². The van der Waals surface area contributed by atoms with Gasteiger partial charge in [-0.05, 0) is 117 Å². The number of aromatic nitrogens is 4. The molecule has 0 saturated heterocycles. The molecule has 0 N–H and O–H groups in total. The Bertz CT molecular complexity index is 2960. The third kappa shape index (κ3) is 4.53. The van der Waals surface area contributed by atoms with Crippen LogP contribution in [0.15, 0.2) is 175 Å². The maximum absolute atomic E-state index is 5.07. The molecule has 5 aromatic heterocycles. The molecule has 56 heavy (non-hydrogen) atoms. The van der Waals surface area contributed by atoms with E-state index in [-0.39, 0.29) is 0 Å². The van der Waals surface area contributed by atoms with Crippen molar-refractivity contribution in [2.75, 3.05) is 4.90 Å². The normalized spacial score (nSPS) is 13.5. The first-order valence-corrected chi connectivity index (χ1v) is 20.4. The molecule has 6 heterocycles. The summed E-state index contributed by atoms with van der Waals surface area (Å²) in [6.45, 7) is 0. The summed E-state index contributed by atoms with van der Waals surface area (Å²) < 4.78 is 0. The highest BCUT2D eigenvalue weighted by Crippen LogP contribution is 2.66. The molecule has 12 rings (SSSR count). The first-order valence-electron chi connectivity index (χ1n) is 18.6. The molecule has 0 amide bonds. The van der Waals surface area contributed by atoms with E-state index in [2.05, 4.69) is 130 Å². The fraction of sp³-hybridized carbons (Fsp3) is 0.0204. The maximum Gasteiger partial charge on any atom is 0.179 e. The van der Waals surface area contributed by atoms with Crippen LogP contribution in [0.3, 0.4) is 0 Å². The van der Waals surface area contributed by atoms with E-state index in [1.54, 1.807) is 6.20 Å². The van der Waals surface area contributed by atoms with Gasteiger partial charge in [-0.1, -0.05) is 78.9 Å². The Morgan fingerprint density at radius 1 is 0.446 bits per heavy atom. The Morgan fingerprint density at radius 2 is 1.05 bits per heavy atom. The lowest BCUT2D eigenvalue weighted by Gasteiger charge is -2.45. The summed E-state index contributed by atoms with van der Waals surface area (Å²) in [5.74, 6) is 0.596. The third-order valence-corrected chi connectivity index (χ3v) is 13.3. The first-order chi connectivity index (χ1) is 27.7. The summed E-state index contributed by atoms with van der Waals surface area (Å²) in [5, 5.41) is 8.09. The second-order valence-corrected chi connectivity index (χ2v) is 16.1. The van der Waals surface area contributed by atoms with Crippen molar-refractivity contribution in [2.24, 2.45) is 0 Å². The molecular weight excluding hydrogens is 723 g/mol. The predicted molar refractivity (Wildman–Crippen MR) is 230 cm³/mol. The van der Waals surface area contributed by atoms with Crippen LogP contribution in [0.25, 0.3) is 65.5 Å². The van der Waals surface area contributed by atoms with Crippen molar-refractivity contribution in [1.29, 1.82) is 0 Å². The molecule has 0 radical (unpaired) electrons. The molecule has 1 spiro atoms. The number of fused-ring (bicyclic) bond motifs is 11. The molecule has 5 aromatic carbocycles. The van der Waals surface area contributed by atoms with Crippen LogP contribution in [-0.2, 0) is 5.41 Å². The quantitative estimate of drug-likeness (QED) is 0.179. The van der Waals surface area contributed by atoms with Gasteiger partial charge in [-0.15, -0.1) is 22.7 Å². The molecular formula is C49H29N5S2. The number of nitrogens with zero attached hydrogens (tertiary/aromatic N) is 5. The van der Waals surface area contributed by atoms with Crippen LogP contribution in [0.1, 0.15) is 22.3 Å². The topological polar surface area (TPSA) is 54.8 Å². The van der Waals surface area contributed by atoms with Crippen LogP contribution in [0.4, 0.5) is 17.1 Å². The summed E-state index contributed by atoms with van der Waals surface area (Å²) in [7, 11) is 0. The lowest BCUT2D eigenvalue weighted by Crippen LogP contribution is -2.36. The Labute approximate surface area is 330 Å². The Morgan fingerprint density at radius 3 is 1.77 bits per heavy atom. The number of benzene rings is 5. The second kappa shape index (κ2) is 12.1. The third-order valence-electron chi connectivity index (χ3n) is 11.3. The molecule has 7 heteroatoms. The zero-order chi connectivity index (χ0) is 36.8. The molecule has 1 aliphatic carbocycles. The van der Waals surface area contributed by atoms with Gasteiger partial charge in [-0.2, -0.15) is 0 Å². The van der Waals surface area contributed by atoms with E-state index in [1.807, 2.05) is 71.3 Å². The van der Waals surface area contributed by atoms with Gasteiger partial charge < -0.3 is 4.90 Å². The van der Waals surface area contributed by atoms with Crippen molar-refractivity contribution in [3.63, 3.8) is 0 Å². The van der Waals surface area contributed by atoms with Crippen LogP contribution in [0.5, 0.6) is 0 Å². The number of hydrogen-bond donors (Lipinski definition) is 0. The van der Waals surface area contributed by atoms with E-state index in [4.69, 9.17) is 15.0 Å². The van der Waals surface area contributed by atoms with Crippen LogP contribution in [-0.4, -0.2) is 19.9 Å². The van der Waals surface area contributed by atoms with Crippen molar-refractivity contribution < 1.29 is 0 Å². The van der Waals surface area contributed by atoms with E-state index >= 15 is 0 Å². The number of anilines is 3. The SMILES string of the molecule is c1ccc(-c2cc(-c3ccc(N4c5cc6ccccc6cc5C5(c6cc7cccnc7cc64)c4ccsc4-c4sccc45)cc3)nc(-c3ccccn3)n2)cc1. The van der Waals surface area contributed by atoms with Crippen molar-refractivity contribution >= 4 is 61.4 Å². The Hall–Kier alpha value is -6.80. The Kier molecular flexibility index (Phi) is 6.82. The standard InChI is InChI=1S/C49H29N5S2/c1-2-9-30(10-3-1)42-28-43(53-48(52-42)40-14-6-7-21-50-40)31-15-17-35(18-16-31)54-44-27-33-12-5-4-11-32(33)25-38(44)49(36-19-23-55-46(36)47-37(49)20-24-56-47)39-26-34-13-8-22-51-41(34)29-45(39)54/h1-29H. The van der Waals surface area contributed by atoms with Crippen LogP contribution < -0.4 is 4.90 Å². The van der Waals surface area contributed by atoms with Gasteiger partial charge in [0.25, 0.3) is 0 Å². The van der Waals surface area contributed by atoms with Crippen molar-refractivity contribution in [2.45, 2.75) is 5.41 Å². The summed E-state index contributed by atoms with van der Waals surface area (Å²) in [5.41, 5.74) is 13.6. The molecule has 5 nitrogen and oxygen atoms in total. The fourth-order valence-electron chi connectivity index (χ4n) is 8.89. The number of rotatable bonds is 4. The van der Waals surface area contributed by atoms with E-state index in [9.17, 15) is 0 Å². The van der Waals surface area contributed by atoms with Gasteiger partial charge in [-0.25, -0.2) is 9.97 Å². The Balaban J connectivity index is 1.09. The van der Waals surface area contributed by atoms with E-state index < -0.39 is 5.41 Å². The number of thiophene rings is 2. The molecule has 2 aliphatic rings. The largest absolute Gasteiger partial charge is 0.310 e. The molecule has 1 aliphatic heterocycles. The molecule has 10 aromatic rings. The maximum atomic E-state index is 5.07. The highest BCUT2D eigenvalue weighted by Gasteiger charge is 2.53. The number of hydrogen-bond acceptors (Lipinski definition) is 7. The van der Waals surface area contributed by atoms with Crippen molar-refractivity contribution in [3.05, 3.63) is 197 Å². The van der Waals surface area contributed by atoms with Gasteiger partial charge in [0.15, 0.2) is 5.82 Å². The molecule has 0 fully saturated rings. The zero-order valence-electron chi connectivity index (χ0n) is 29.8. The van der Waals surface area contributed by atoms with Crippen LogP contribution in [0, 0.1) is 0 Å². The minimum atomic E-state index is -0.476. The van der Waals surface area contributed by atoms with Gasteiger partial charge in [-0.3, -0.25) is 9.97 Å². The molecule has 0 bridgehead atoms. The summed E-state index contributed by atoms with van der Waals surface area (Å²) in [6, 6.07) is 54.2. The van der Waals surface area contributed by atoms with E-state index in [0.29, 0.717) is 5.82 Å². The lowest BCUT2D eigenvalue weighted by atomic mass is 9.65. The smallest absolute Gasteiger partial charge is 0.179 e. The predicted octanol–water partition coefficient (Wildman–Crippen LogP) is 12.8. The molecule has 262 valence electrons. The van der Waals surface area contributed by atoms with E-state index in [1.165, 1.54) is 48.5 Å². The van der Waals surface area contributed by atoms with Gasteiger partial charge in [0, 0.05) is 44.3 Å². The number of pyridine rings is 2. The summed E-state index contributed by atoms with van der Waals surface area (Å²) >= 11 is 3.70. The van der Waals surface area contributed by atoms with E-state index in [0.717, 1.165) is 50.5 Å².